The molecule has 2 aliphatic heterocycles. The standard InChI is InChI=1S/C24H27N.C16H17N.C14H14O4S2.C12H20S.C8H11N.2CH4/c1-4-5-6-21-11-17-24(18-12-21)25(22-13-7-19(2)8-14-22)23-15-9-20(3)10-16-23;1-3-12(2)17-15-10-6-4-8-13(15)14-9-5-7-11-16(14)17;1-7-9-11(17-5-3-15-9)13(19-7)14-12-10(8(2)20-14)16-4-6-18-12;1-4-5-6-7-8-12-9-10(2)13-11(12)3;1-7-3-5-8(9-2)6-4-7;;/h7-18H,4-6H2,1-3H3;4-12H,3H2,1-2H3;3-6H2,1-2H3;9H,4-8H2,1-3H3;3-6,9H,1-2H3;2*1H4. The zero-order valence-electron chi connectivity index (χ0n) is 52.0. The van der Waals surface area contributed by atoms with Crippen LogP contribution in [0.4, 0.5) is 22.7 Å². The highest BCUT2D eigenvalue weighted by Crippen LogP contribution is 2.57. The molecule has 0 bridgehead atoms. The smallest absolute Gasteiger partial charge is 0.181 e. The fourth-order valence-corrected chi connectivity index (χ4v) is 13.7. The maximum Gasteiger partial charge on any atom is 0.181 e. The van der Waals surface area contributed by atoms with Gasteiger partial charge < -0.3 is 33.7 Å². The molecule has 2 aliphatic rings. The molecule has 86 heavy (non-hydrogen) atoms. The number of hydrogen-bond donors (Lipinski definition) is 1. The van der Waals surface area contributed by atoms with E-state index in [4.69, 9.17) is 18.9 Å². The lowest BCUT2D eigenvalue weighted by Crippen LogP contribution is -2.15. The van der Waals surface area contributed by atoms with Crippen LogP contribution in [0.2, 0.25) is 0 Å². The summed E-state index contributed by atoms with van der Waals surface area (Å²) >= 11 is 5.32. The fraction of sp³-hybridized carbons (Fsp3) is 0.368. The van der Waals surface area contributed by atoms with E-state index in [1.165, 1.54) is 122 Å². The Morgan fingerprint density at radius 3 is 1.33 bits per heavy atom. The molecule has 1 atom stereocenters. The average Bonchev–Trinajstić information content (AvgIpc) is 2.33. The number of thiophene rings is 3. The number of para-hydroxylation sites is 2. The number of anilines is 4. The lowest BCUT2D eigenvalue weighted by Gasteiger charge is -2.26. The second-order valence-electron chi connectivity index (χ2n) is 22.0. The number of aryl methyl sites for hydroxylation is 9. The van der Waals surface area contributed by atoms with Gasteiger partial charge in [-0.3, -0.25) is 0 Å². The van der Waals surface area contributed by atoms with Gasteiger partial charge in [0.25, 0.3) is 0 Å². The number of rotatable bonds is 15. The minimum atomic E-state index is 0. The molecule has 10 heteroatoms. The highest BCUT2D eigenvalue weighted by molar-refractivity contribution is 7.23. The maximum absolute atomic E-state index is 5.83. The first-order valence-corrected chi connectivity index (χ1v) is 32.9. The largest absolute Gasteiger partial charge is 0.485 e. The molecular weight excluding hydrogens is 1120 g/mol. The van der Waals surface area contributed by atoms with Crippen LogP contribution in [0.15, 0.2) is 152 Å². The maximum atomic E-state index is 5.83. The Morgan fingerprint density at radius 1 is 0.477 bits per heavy atom. The Kier molecular flexibility index (Phi) is 26.8. The molecule has 0 fully saturated rings. The van der Waals surface area contributed by atoms with E-state index in [9.17, 15) is 0 Å². The van der Waals surface area contributed by atoms with E-state index in [0.29, 0.717) is 32.5 Å². The number of benzene rings is 6. The molecule has 6 aromatic carbocycles. The molecule has 4 aromatic heterocycles. The van der Waals surface area contributed by atoms with Gasteiger partial charge in [-0.15, -0.1) is 34.0 Å². The molecule has 0 saturated carbocycles. The second-order valence-corrected chi connectivity index (χ2v) is 25.9. The summed E-state index contributed by atoms with van der Waals surface area (Å²) in [5.74, 6) is 3.48. The molecule has 0 radical (unpaired) electrons. The van der Waals surface area contributed by atoms with Crippen molar-refractivity contribution in [2.45, 2.75) is 155 Å². The van der Waals surface area contributed by atoms with E-state index in [1.807, 2.05) is 18.4 Å². The number of ether oxygens (including phenoxy) is 4. The highest BCUT2D eigenvalue weighted by Gasteiger charge is 2.30. The highest BCUT2D eigenvalue weighted by atomic mass is 32.1. The lowest BCUT2D eigenvalue weighted by atomic mass is 10.1. The Hall–Kier alpha value is -6.98. The van der Waals surface area contributed by atoms with Crippen LogP contribution in [0, 0.1) is 48.5 Å². The zero-order valence-corrected chi connectivity index (χ0v) is 54.4. The van der Waals surface area contributed by atoms with Crippen LogP contribution in [-0.4, -0.2) is 38.0 Å². The van der Waals surface area contributed by atoms with E-state index in [0.717, 1.165) is 55.3 Å². The summed E-state index contributed by atoms with van der Waals surface area (Å²) in [5.41, 5.74) is 14.3. The second kappa shape index (κ2) is 33.8. The summed E-state index contributed by atoms with van der Waals surface area (Å²) in [5, 5.41) is 5.78. The summed E-state index contributed by atoms with van der Waals surface area (Å²) < 4.78 is 25.6. The molecule has 10 aromatic rings. The van der Waals surface area contributed by atoms with Crippen molar-refractivity contribution in [3.63, 3.8) is 0 Å². The number of fused-ring (bicyclic) bond motifs is 5. The third-order valence-electron chi connectivity index (χ3n) is 15.4. The van der Waals surface area contributed by atoms with Crippen molar-refractivity contribution in [1.82, 2.24) is 4.57 Å². The van der Waals surface area contributed by atoms with Crippen molar-refractivity contribution >= 4 is 78.6 Å². The van der Waals surface area contributed by atoms with Crippen LogP contribution < -0.4 is 29.2 Å². The molecule has 0 saturated heterocycles. The van der Waals surface area contributed by atoms with Gasteiger partial charge >= 0.3 is 0 Å². The molecule has 6 heterocycles. The first kappa shape index (κ1) is 68.1. The number of nitrogens with zero attached hydrogens (tertiary/aromatic N) is 2. The Bertz CT molecular complexity index is 3450. The van der Waals surface area contributed by atoms with E-state index in [1.54, 1.807) is 28.2 Å². The van der Waals surface area contributed by atoms with Crippen molar-refractivity contribution in [2.75, 3.05) is 43.7 Å². The van der Waals surface area contributed by atoms with Crippen LogP contribution >= 0.6 is 34.0 Å². The van der Waals surface area contributed by atoms with Gasteiger partial charge in [0, 0.05) is 77.2 Å². The van der Waals surface area contributed by atoms with Gasteiger partial charge in [-0.2, -0.15) is 0 Å². The summed E-state index contributed by atoms with van der Waals surface area (Å²) in [6, 6.07) is 55.1. The Balaban J connectivity index is 0.000000177. The molecule has 0 spiro atoms. The number of unbranched alkanes of at least 4 members (excludes halogenated alkanes) is 4. The topological polar surface area (TPSA) is 57.1 Å². The molecule has 458 valence electrons. The average molecular weight is 1210 g/mol. The Labute approximate surface area is 529 Å². The van der Waals surface area contributed by atoms with Crippen LogP contribution in [0.3, 0.4) is 0 Å². The summed E-state index contributed by atoms with van der Waals surface area (Å²) in [4.78, 5) is 9.78. The quantitative estimate of drug-likeness (QED) is 0.103. The SMILES string of the molecule is C.C.CCC(C)n1c2ccccc2c2ccccc21.CCCCCCc1cc(C)sc1C.CCCCc1ccc(N(c2ccc(C)cc2)c2ccc(C)cc2)cc1.CNc1ccc(C)cc1.Cc1sc(-c2sc(C)c3c2OCCO3)c2c1OCCO2. The minimum absolute atomic E-state index is 0. The van der Waals surface area contributed by atoms with Gasteiger partial charge in [-0.1, -0.05) is 163 Å². The van der Waals surface area contributed by atoms with Crippen molar-refractivity contribution in [3.05, 3.63) is 199 Å². The van der Waals surface area contributed by atoms with E-state index < -0.39 is 0 Å². The van der Waals surface area contributed by atoms with Crippen LogP contribution in [0.5, 0.6) is 23.0 Å². The molecular formula is C76H97N3O4S3. The van der Waals surface area contributed by atoms with Crippen LogP contribution in [0.25, 0.3) is 31.6 Å². The fourth-order valence-electron chi connectivity index (χ4n) is 10.5. The van der Waals surface area contributed by atoms with E-state index in [-0.39, 0.29) is 14.9 Å². The molecule has 0 amide bonds. The summed E-state index contributed by atoms with van der Waals surface area (Å²) in [7, 11) is 1.92. The van der Waals surface area contributed by atoms with Gasteiger partial charge in [-0.05, 0) is 165 Å². The number of aromatic nitrogens is 1. The van der Waals surface area contributed by atoms with Gasteiger partial charge in [0.05, 0.1) is 9.75 Å². The monoisotopic (exact) mass is 1210 g/mol. The summed E-state index contributed by atoms with van der Waals surface area (Å²) in [6.45, 7) is 26.4. The van der Waals surface area contributed by atoms with E-state index in [2.05, 4.69) is 243 Å². The molecule has 1 unspecified atom stereocenters. The normalized spacial score (nSPS) is 12.1. The van der Waals surface area contributed by atoms with Crippen molar-refractivity contribution in [1.29, 1.82) is 0 Å². The van der Waals surface area contributed by atoms with Crippen molar-refractivity contribution in [3.8, 4) is 32.8 Å². The van der Waals surface area contributed by atoms with Crippen LogP contribution in [0.1, 0.15) is 141 Å². The van der Waals surface area contributed by atoms with Crippen molar-refractivity contribution in [2.24, 2.45) is 0 Å². The van der Waals surface area contributed by atoms with Crippen molar-refractivity contribution < 1.29 is 18.9 Å². The predicted octanol–water partition coefficient (Wildman–Crippen LogP) is 23.3. The van der Waals surface area contributed by atoms with E-state index >= 15 is 0 Å². The minimum Gasteiger partial charge on any atom is -0.485 e. The van der Waals surface area contributed by atoms with Gasteiger partial charge in [0.15, 0.2) is 23.0 Å². The summed E-state index contributed by atoms with van der Waals surface area (Å²) in [6.07, 6.45) is 11.6. The number of hydrogen-bond acceptors (Lipinski definition) is 9. The number of nitrogens with one attached hydrogen (secondary N) is 1. The predicted molar refractivity (Wildman–Crippen MR) is 379 cm³/mol. The lowest BCUT2D eigenvalue weighted by molar-refractivity contribution is 0.171. The first-order valence-electron chi connectivity index (χ1n) is 30.4. The Morgan fingerprint density at radius 2 is 0.907 bits per heavy atom. The zero-order chi connectivity index (χ0) is 59.5. The molecule has 1 N–H and O–H groups in total. The van der Waals surface area contributed by atoms with Gasteiger partial charge in [0.2, 0.25) is 0 Å². The van der Waals surface area contributed by atoms with Gasteiger partial charge in [-0.25, -0.2) is 0 Å². The van der Waals surface area contributed by atoms with Crippen LogP contribution in [-0.2, 0) is 12.8 Å². The molecule has 0 aliphatic carbocycles. The third-order valence-corrected chi connectivity index (χ3v) is 18.7. The molecule has 7 nitrogen and oxygen atoms in total. The third kappa shape index (κ3) is 17.6. The van der Waals surface area contributed by atoms with Gasteiger partial charge in [0.1, 0.15) is 26.4 Å². The molecule has 12 rings (SSSR count). The first-order chi connectivity index (χ1) is 40.8.